The molecule has 1 atom stereocenters. The first-order valence-corrected chi connectivity index (χ1v) is 8.52. The van der Waals surface area contributed by atoms with E-state index in [9.17, 15) is 9.59 Å². The molecule has 0 aliphatic heterocycles. The van der Waals surface area contributed by atoms with E-state index in [1.54, 1.807) is 25.1 Å². The number of hydrogen-bond donors (Lipinski definition) is 1. The Bertz CT molecular complexity index is 993. The molecule has 0 saturated carbocycles. The molecule has 124 valence electrons. The highest BCUT2D eigenvalue weighted by Gasteiger charge is 2.19. The lowest BCUT2D eigenvalue weighted by Gasteiger charge is -2.12. The molecule has 0 fully saturated rings. The van der Waals surface area contributed by atoms with E-state index < -0.39 is 12.1 Å². The number of hydrogen-bond acceptors (Lipinski definition) is 5. The van der Waals surface area contributed by atoms with Crippen LogP contribution in [0.5, 0.6) is 0 Å². The van der Waals surface area contributed by atoms with Gasteiger partial charge in [0, 0.05) is 9.90 Å². The Hall–Kier alpha value is -2.18. The largest absolute Gasteiger partial charge is 0.451 e. The van der Waals surface area contributed by atoms with Crippen LogP contribution < -0.4 is 5.56 Å². The first kappa shape index (κ1) is 16.7. The smallest absolute Gasteiger partial charge is 0.338 e. The zero-order valence-electron chi connectivity index (χ0n) is 13.3. The van der Waals surface area contributed by atoms with Crippen molar-refractivity contribution in [2.45, 2.75) is 26.9 Å². The molecule has 3 aromatic rings. The van der Waals surface area contributed by atoms with Crippen LogP contribution in [0.2, 0.25) is 5.02 Å². The summed E-state index contributed by atoms with van der Waals surface area (Å²) < 4.78 is 5.39. The minimum absolute atomic E-state index is 0.220. The molecular weight excluding hydrogens is 348 g/mol. The van der Waals surface area contributed by atoms with Gasteiger partial charge in [0.1, 0.15) is 4.83 Å². The average Bonchev–Trinajstić information content (AvgIpc) is 2.82. The van der Waals surface area contributed by atoms with Gasteiger partial charge in [0.05, 0.1) is 10.9 Å². The molecule has 0 aliphatic carbocycles. The van der Waals surface area contributed by atoms with Gasteiger partial charge in [-0.15, -0.1) is 11.3 Å². The first-order valence-electron chi connectivity index (χ1n) is 7.33. The van der Waals surface area contributed by atoms with Crippen LogP contribution in [0.3, 0.4) is 0 Å². The number of thiophene rings is 1. The highest BCUT2D eigenvalue weighted by molar-refractivity contribution is 7.18. The van der Waals surface area contributed by atoms with Crippen molar-refractivity contribution in [1.29, 1.82) is 0 Å². The molecule has 2 heterocycles. The van der Waals surface area contributed by atoms with Crippen LogP contribution in [-0.4, -0.2) is 15.9 Å². The number of aryl methyl sites for hydroxylation is 2. The maximum Gasteiger partial charge on any atom is 0.338 e. The molecule has 3 rings (SSSR count). The van der Waals surface area contributed by atoms with Crippen molar-refractivity contribution >= 4 is 39.1 Å². The molecule has 5 nitrogen and oxygen atoms in total. The summed E-state index contributed by atoms with van der Waals surface area (Å²) in [7, 11) is 0. The number of halogens is 1. The Morgan fingerprint density at radius 2 is 2.12 bits per heavy atom. The molecule has 0 saturated heterocycles. The summed E-state index contributed by atoms with van der Waals surface area (Å²) >= 11 is 7.33. The van der Waals surface area contributed by atoms with Gasteiger partial charge in [-0.3, -0.25) is 4.79 Å². The first-order chi connectivity index (χ1) is 11.4. The fourth-order valence-corrected chi connectivity index (χ4v) is 3.59. The quantitative estimate of drug-likeness (QED) is 0.709. The van der Waals surface area contributed by atoms with Crippen LogP contribution in [0, 0.1) is 13.8 Å². The number of nitrogens with one attached hydrogen (secondary N) is 1. The van der Waals surface area contributed by atoms with Crippen molar-refractivity contribution < 1.29 is 9.53 Å². The Morgan fingerprint density at radius 1 is 1.38 bits per heavy atom. The highest BCUT2D eigenvalue weighted by atomic mass is 35.5. The van der Waals surface area contributed by atoms with Gasteiger partial charge < -0.3 is 9.72 Å². The summed E-state index contributed by atoms with van der Waals surface area (Å²) in [5.41, 5.74) is 1.06. The molecule has 0 aliphatic rings. The maximum absolute atomic E-state index is 12.3. The van der Waals surface area contributed by atoms with Gasteiger partial charge in [-0.25, -0.2) is 9.78 Å². The molecule has 0 unspecified atom stereocenters. The van der Waals surface area contributed by atoms with E-state index in [0.29, 0.717) is 26.6 Å². The average molecular weight is 363 g/mol. The summed E-state index contributed by atoms with van der Waals surface area (Å²) in [5, 5.41) is 1.05. The normalized spacial score (nSPS) is 12.3. The number of carbonyl (C=O) groups is 1. The minimum atomic E-state index is -0.684. The number of aromatic amines is 1. The van der Waals surface area contributed by atoms with Gasteiger partial charge in [0.15, 0.2) is 11.9 Å². The zero-order valence-corrected chi connectivity index (χ0v) is 14.9. The van der Waals surface area contributed by atoms with Crippen LogP contribution in [0.1, 0.15) is 39.7 Å². The van der Waals surface area contributed by atoms with E-state index in [-0.39, 0.29) is 5.56 Å². The number of ether oxygens (including phenoxy) is 1. The van der Waals surface area contributed by atoms with E-state index in [2.05, 4.69) is 9.97 Å². The molecule has 1 N–H and O–H groups in total. The van der Waals surface area contributed by atoms with Crippen molar-refractivity contribution in [3.05, 3.63) is 61.5 Å². The second kappa shape index (κ2) is 6.37. The highest BCUT2D eigenvalue weighted by Crippen LogP contribution is 2.27. The van der Waals surface area contributed by atoms with E-state index in [1.807, 2.05) is 13.8 Å². The van der Waals surface area contributed by atoms with E-state index in [1.165, 1.54) is 17.4 Å². The van der Waals surface area contributed by atoms with Gasteiger partial charge >= 0.3 is 5.97 Å². The molecule has 0 radical (unpaired) electrons. The molecule has 2 aromatic heterocycles. The number of rotatable bonds is 3. The lowest BCUT2D eigenvalue weighted by Crippen LogP contribution is -2.17. The zero-order chi connectivity index (χ0) is 17.4. The monoisotopic (exact) mass is 362 g/mol. The SMILES string of the molecule is Cc1sc2nc([C@@H](C)OC(=O)c3cccc(Cl)c3)[nH]c(=O)c2c1C. The lowest BCUT2D eigenvalue weighted by atomic mass is 10.2. The number of aromatic nitrogens is 2. The Morgan fingerprint density at radius 3 is 2.83 bits per heavy atom. The molecule has 1 aromatic carbocycles. The van der Waals surface area contributed by atoms with Gasteiger partial charge in [-0.2, -0.15) is 0 Å². The molecule has 24 heavy (non-hydrogen) atoms. The van der Waals surface area contributed by atoms with Crippen LogP contribution in [-0.2, 0) is 4.74 Å². The topological polar surface area (TPSA) is 72.0 Å². The van der Waals surface area contributed by atoms with Gasteiger partial charge in [-0.1, -0.05) is 17.7 Å². The van der Waals surface area contributed by atoms with Crippen molar-refractivity contribution in [2.75, 3.05) is 0 Å². The third-order valence-corrected chi connectivity index (χ3v) is 5.12. The summed E-state index contributed by atoms with van der Waals surface area (Å²) in [4.78, 5) is 33.3. The third-order valence-electron chi connectivity index (χ3n) is 3.79. The van der Waals surface area contributed by atoms with E-state index >= 15 is 0 Å². The fourth-order valence-electron chi connectivity index (χ4n) is 2.36. The third kappa shape index (κ3) is 3.07. The number of esters is 1. The second-order valence-corrected chi connectivity index (χ2v) is 7.11. The molecule has 0 bridgehead atoms. The van der Waals surface area contributed by atoms with Gasteiger partial charge in [-0.05, 0) is 44.5 Å². The second-order valence-electron chi connectivity index (χ2n) is 5.47. The van der Waals surface area contributed by atoms with Crippen molar-refractivity contribution in [1.82, 2.24) is 9.97 Å². The van der Waals surface area contributed by atoms with Crippen molar-refractivity contribution in [2.24, 2.45) is 0 Å². The van der Waals surface area contributed by atoms with Gasteiger partial charge in [0.25, 0.3) is 5.56 Å². The standard InChI is InChI=1S/C17H15ClN2O3S/c1-8-10(3)24-16-13(8)15(21)19-14(20-16)9(2)23-17(22)11-5-4-6-12(18)7-11/h4-7,9H,1-3H3,(H,19,20,21)/t9-/m1/s1. The van der Waals surface area contributed by atoms with E-state index in [4.69, 9.17) is 16.3 Å². The number of benzene rings is 1. The number of carbonyl (C=O) groups excluding carboxylic acids is 1. The summed E-state index contributed by atoms with van der Waals surface area (Å²) in [5.74, 6) is -0.199. The number of nitrogens with zero attached hydrogens (tertiary/aromatic N) is 1. The van der Waals surface area contributed by atoms with Crippen LogP contribution in [0.4, 0.5) is 0 Å². The fraction of sp³-hybridized carbons (Fsp3) is 0.235. The van der Waals surface area contributed by atoms with Crippen LogP contribution in [0.15, 0.2) is 29.1 Å². The number of fused-ring (bicyclic) bond motifs is 1. The number of H-pyrrole nitrogens is 1. The summed E-state index contributed by atoms with van der Waals surface area (Å²) in [6.45, 7) is 5.51. The maximum atomic E-state index is 12.3. The lowest BCUT2D eigenvalue weighted by molar-refractivity contribution is 0.0320. The van der Waals surface area contributed by atoms with Crippen LogP contribution in [0.25, 0.3) is 10.2 Å². The Kier molecular flexibility index (Phi) is 4.43. The predicted octanol–water partition coefficient (Wildman–Crippen LogP) is 4.17. The molecule has 7 heteroatoms. The van der Waals surface area contributed by atoms with Crippen molar-refractivity contribution in [3.63, 3.8) is 0 Å². The van der Waals surface area contributed by atoms with Gasteiger partial charge in [0.2, 0.25) is 0 Å². The van der Waals surface area contributed by atoms with Crippen LogP contribution >= 0.6 is 22.9 Å². The van der Waals surface area contributed by atoms with Crippen molar-refractivity contribution in [3.8, 4) is 0 Å². The van der Waals surface area contributed by atoms with E-state index in [0.717, 1.165) is 10.4 Å². The Labute approximate surface area is 147 Å². The predicted molar refractivity (Wildman–Crippen MR) is 95.0 cm³/mol. The minimum Gasteiger partial charge on any atom is -0.451 e. The summed E-state index contributed by atoms with van der Waals surface area (Å²) in [6, 6.07) is 6.50. The molecule has 0 spiro atoms. The summed E-state index contributed by atoms with van der Waals surface area (Å²) in [6.07, 6.45) is -0.684. The molecule has 0 amide bonds. The Balaban J connectivity index is 1.90. The molecular formula is C17H15ClN2O3S.